The summed E-state index contributed by atoms with van der Waals surface area (Å²) >= 11 is 3.48. The molecule has 4 heteroatoms. The van der Waals surface area contributed by atoms with E-state index in [4.69, 9.17) is 0 Å². The molecule has 15 heavy (non-hydrogen) atoms. The maximum Gasteiger partial charge on any atom is 0.146 e. The number of rotatable bonds is 1. The van der Waals surface area contributed by atoms with Gasteiger partial charge in [-0.25, -0.2) is 0 Å². The molecular weight excluding hydrogens is 322 g/mol. The number of hydrogen-bond acceptors (Lipinski definition) is 2. The average molecular weight is 341 g/mol. The smallest absolute Gasteiger partial charge is 0.146 e. The number of alkyl halides is 1. The maximum atomic E-state index is 11.4. The van der Waals surface area contributed by atoms with Gasteiger partial charge < -0.3 is 4.90 Å². The molecule has 0 aromatic carbocycles. The molecule has 0 bridgehead atoms. The van der Waals surface area contributed by atoms with Crippen LogP contribution in [0.3, 0.4) is 0 Å². The highest BCUT2D eigenvalue weighted by atomic mass is 79.9. The summed E-state index contributed by atoms with van der Waals surface area (Å²) in [4.78, 5) is 14.1. The molecule has 1 aliphatic heterocycles. The van der Waals surface area contributed by atoms with Crippen LogP contribution >= 0.6 is 32.9 Å². The minimum absolute atomic E-state index is 0. The van der Waals surface area contributed by atoms with E-state index in [1.165, 1.54) is 32.4 Å². The van der Waals surface area contributed by atoms with Crippen molar-refractivity contribution in [1.29, 1.82) is 0 Å². The zero-order chi connectivity index (χ0) is 9.97. The van der Waals surface area contributed by atoms with E-state index in [1.54, 1.807) is 0 Å². The van der Waals surface area contributed by atoms with Crippen LogP contribution in [0.15, 0.2) is 0 Å². The first-order chi connectivity index (χ1) is 6.77. The number of nitrogens with zero attached hydrogens (tertiary/aromatic N) is 1. The zero-order valence-electron chi connectivity index (χ0n) is 8.95. The summed E-state index contributed by atoms with van der Waals surface area (Å²) < 4.78 is 0. The van der Waals surface area contributed by atoms with Crippen LogP contribution in [0.5, 0.6) is 0 Å². The second kappa shape index (κ2) is 6.36. The van der Waals surface area contributed by atoms with Crippen molar-refractivity contribution in [2.45, 2.75) is 49.4 Å². The van der Waals surface area contributed by atoms with Crippen molar-refractivity contribution in [2.75, 3.05) is 13.1 Å². The van der Waals surface area contributed by atoms with Gasteiger partial charge >= 0.3 is 0 Å². The fourth-order valence-electron chi connectivity index (χ4n) is 2.57. The molecule has 2 rings (SSSR count). The summed E-state index contributed by atoms with van der Waals surface area (Å²) in [6.45, 7) is 2.50. The summed E-state index contributed by atoms with van der Waals surface area (Å²) in [7, 11) is 0. The van der Waals surface area contributed by atoms with Crippen LogP contribution in [0, 0.1) is 0 Å². The number of carbonyl (C=O) groups excluding carboxylic acids is 1. The quantitative estimate of drug-likeness (QED) is 0.684. The van der Waals surface area contributed by atoms with Crippen LogP contribution < -0.4 is 0 Å². The zero-order valence-corrected chi connectivity index (χ0v) is 12.3. The van der Waals surface area contributed by atoms with Gasteiger partial charge in [0.1, 0.15) is 5.78 Å². The Morgan fingerprint density at radius 3 is 2.47 bits per heavy atom. The summed E-state index contributed by atoms with van der Waals surface area (Å²) in [6.07, 6.45) is 6.96. The first kappa shape index (κ1) is 13.7. The van der Waals surface area contributed by atoms with Crippen molar-refractivity contribution >= 4 is 38.7 Å². The Morgan fingerprint density at radius 1 is 1.20 bits per heavy atom. The number of hydrogen-bond donors (Lipinski definition) is 0. The molecule has 2 unspecified atom stereocenters. The van der Waals surface area contributed by atoms with Gasteiger partial charge in [-0.05, 0) is 38.8 Å². The first-order valence-corrected chi connectivity index (χ1v) is 6.60. The average Bonchev–Trinajstić information content (AvgIpc) is 2.23. The number of piperidine rings is 1. The molecule has 2 aliphatic rings. The molecule has 0 aromatic rings. The number of likely N-dealkylation sites (tertiary alicyclic amines) is 1. The van der Waals surface area contributed by atoms with Crippen LogP contribution in [0.2, 0.25) is 0 Å². The molecule has 0 radical (unpaired) electrons. The van der Waals surface area contributed by atoms with Crippen molar-refractivity contribution in [2.24, 2.45) is 0 Å². The first-order valence-electron chi connectivity index (χ1n) is 5.68. The van der Waals surface area contributed by atoms with E-state index in [0.29, 0.717) is 11.8 Å². The third-order valence-electron chi connectivity index (χ3n) is 3.46. The highest BCUT2D eigenvalue weighted by Gasteiger charge is 2.30. The summed E-state index contributed by atoms with van der Waals surface area (Å²) in [5.41, 5.74) is 0. The molecule has 0 spiro atoms. The SMILES string of the molecule is Br.O=C1CCC(N2CCCCC2)CC1Br. The number of carbonyl (C=O) groups is 1. The molecule has 2 atom stereocenters. The lowest BCUT2D eigenvalue weighted by molar-refractivity contribution is -0.120. The van der Waals surface area contributed by atoms with Gasteiger partial charge in [0.25, 0.3) is 0 Å². The molecule has 2 nitrogen and oxygen atoms in total. The van der Waals surface area contributed by atoms with E-state index in [-0.39, 0.29) is 21.8 Å². The Hall–Kier alpha value is 0.590. The largest absolute Gasteiger partial charge is 0.300 e. The predicted molar refractivity (Wildman–Crippen MR) is 71.1 cm³/mol. The molecule has 1 aliphatic carbocycles. The number of halogens is 2. The van der Waals surface area contributed by atoms with Gasteiger partial charge in [0.15, 0.2) is 0 Å². The lowest BCUT2D eigenvalue weighted by Crippen LogP contribution is -2.44. The Labute approximate surface area is 111 Å². The lowest BCUT2D eigenvalue weighted by atomic mass is 9.92. The summed E-state index contributed by atoms with van der Waals surface area (Å²) in [5, 5.41) is 0. The predicted octanol–water partition coefficient (Wildman–Crippen LogP) is 2.94. The number of ketones is 1. The van der Waals surface area contributed by atoms with Crippen molar-refractivity contribution < 1.29 is 4.79 Å². The van der Waals surface area contributed by atoms with Crippen molar-refractivity contribution in [1.82, 2.24) is 4.90 Å². The molecule has 88 valence electrons. The number of Topliss-reactive ketones (excluding diaryl/α,β-unsaturated/α-hetero) is 1. The normalized spacial score (nSPS) is 33.5. The van der Waals surface area contributed by atoms with E-state index in [1.807, 2.05) is 0 Å². The van der Waals surface area contributed by atoms with Gasteiger partial charge in [-0.3, -0.25) is 4.79 Å². The minimum atomic E-state index is 0. The third-order valence-corrected chi connectivity index (χ3v) is 4.34. The highest BCUT2D eigenvalue weighted by molar-refractivity contribution is 9.10. The molecule has 0 N–H and O–H groups in total. The summed E-state index contributed by atoms with van der Waals surface area (Å²) in [5.74, 6) is 0.401. The van der Waals surface area contributed by atoms with Crippen LogP contribution in [0.4, 0.5) is 0 Å². The van der Waals surface area contributed by atoms with E-state index >= 15 is 0 Å². The van der Waals surface area contributed by atoms with E-state index < -0.39 is 0 Å². The maximum absolute atomic E-state index is 11.4. The summed E-state index contributed by atoms with van der Waals surface area (Å²) in [6, 6.07) is 0.664. The van der Waals surface area contributed by atoms with Crippen LogP contribution in [0.25, 0.3) is 0 Å². The molecule has 2 fully saturated rings. The second-order valence-electron chi connectivity index (χ2n) is 4.46. The van der Waals surface area contributed by atoms with Crippen molar-refractivity contribution in [3.8, 4) is 0 Å². The van der Waals surface area contributed by atoms with Crippen molar-refractivity contribution in [3.63, 3.8) is 0 Å². The highest BCUT2D eigenvalue weighted by Crippen LogP contribution is 2.27. The molecule has 0 amide bonds. The molecule has 1 saturated heterocycles. The standard InChI is InChI=1S/C11H18BrNO.BrH/c12-10-8-9(4-5-11(10)14)13-6-2-1-3-7-13;/h9-10H,1-8H2;1H. The minimum Gasteiger partial charge on any atom is -0.300 e. The third kappa shape index (κ3) is 3.53. The topological polar surface area (TPSA) is 20.3 Å². The fraction of sp³-hybridized carbons (Fsp3) is 0.909. The van der Waals surface area contributed by atoms with E-state index in [0.717, 1.165) is 19.3 Å². The van der Waals surface area contributed by atoms with Gasteiger partial charge in [0.2, 0.25) is 0 Å². The van der Waals surface area contributed by atoms with Crippen LogP contribution in [0.1, 0.15) is 38.5 Å². The second-order valence-corrected chi connectivity index (χ2v) is 5.56. The Bertz CT molecular complexity index is 217. The van der Waals surface area contributed by atoms with E-state index in [2.05, 4.69) is 20.8 Å². The van der Waals surface area contributed by atoms with Crippen LogP contribution in [-0.4, -0.2) is 34.6 Å². The van der Waals surface area contributed by atoms with Crippen LogP contribution in [-0.2, 0) is 4.79 Å². The molecule has 0 aromatic heterocycles. The molecule has 1 saturated carbocycles. The molecular formula is C11H19Br2NO. The lowest BCUT2D eigenvalue weighted by Gasteiger charge is -2.37. The van der Waals surface area contributed by atoms with E-state index in [9.17, 15) is 4.79 Å². The van der Waals surface area contributed by atoms with Gasteiger partial charge in [0, 0.05) is 12.5 Å². The fourth-order valence-corrected chi connectivity index (χ4v) is 3.23. The van der Waals surface area contributed by atoms with Gasteiger partial charge in [0.05, 0.1) is 4.83 Å². The van der Waals surface area contributed by atoms with Gasteiger partial charge in [-0.1, -0.05) is 22.4 Å². The Morgan fingerprint density at radius 2 is 1.87 bits per heavy atom. The molecule has 1 heterocycles. The Kier molecular flexibility index (Phi) is 5.79. The van der Waals surface area contributed by atoms with Gasteiger partial charge in [-0.2, -0.15) is 0 Å². The van der Waals surface area contributed by atoms with Gasteiger partial charge in [-0.15, -0.1) is 17.0 Å². The monoisotopic (exact) mass is 339 g/mol. The van der Waals surface area contributed by atoms with Crippen molar-refractivity contribution in [3.05, 3.63) is 0 Å². The Balaban J connectivity index is 0.00000112.